The Morgan fingerprint density at radius 2 is 2.00 bits per heavy atom. The fourth-order valence-corrected chi connectivity index (χ4v) is 2.83. The highest BCUT2D eigenvalue weighted by atomic mass is 35.5. The van der Waals surface area contributed by atoms with Gasteiger partial charge in [0, 0.05) is 19.2 Å². The van der Waals surface area contributed by atoms with Gasteiger partial charge in [-0.3, -0.25) is 9.59 Å². The summed E-state index contributed by atoms with van der Waals surface area (Å²) >= 11 is 0. The normalized spacial score (nSPS) is 15.8. The van der Waals surface area contributed by atoms with Gasteiger partial charge >= 0.3 is 5.97 Å². The standard InChI is InChI=1S/C16H21FN2O3.ClH/c1-19(15(20)12(17)9-13(18)16(21)22)14-8-4-6-10-5-2-3-7-11(10)14;/h4,6,8,12-13H,2-3,5,7,9,18H2,1H3,(H,21,22);1H/t12-,13-;/m0./s1. The fraction of sp³-hybridized carbons (Fsp3) is 0.500. The van der Waals surface area contributed by atoms with Gasteiger partial charge in [0.05, 0.1) is 0 Å². The zero-order valence-electron chi connectivity index (χ0n) is 13.0. The van der Waals surface area contributed by atoms with Crippen molar-refractivity contribution in [2.45, 2.75) is 44.3 Å². The maximum Gasteiger partial charge on any atom is 0.320 e. The van der Waals surface area contributed by atoms with Crippen LogP contribution in [-0.4, -0.2) is 36.2 Å². The van der Waals surface area contributed by atoms with Crippen LogP contribution in [0.25, 0.3) is 0 Å². The molecule has 128 valence electrons. The van der Waals surface area contributed by atoms with Crippen LogP contribution >= 0.6 is 12.4 Å². The van der Waals surface area contributed by atoms with E-state index in [1.54, 1.807) is 6.07 Å². The van der Waals surface area contributed by atoms with Gasteiger partial charge in [-0.25, -0.2) is 4.39 Å². The van der Waals surface area contributed by atoms with E-state index in [0.717, 1.165) is 31.2 Å². The molecule has 1 aliphatic carbocycles. The van der Waals surface area contributed by atoms with Crippen molar-refractivity contribution in [3.05, 3.63) is 29.3 Å². The number of amides is 1. The number of carboxylic acids is 1. The van der Waals surface area contributed by atoms with Crippen molar-refractivity contribution < 1.29 is 19.1 Å². The van der Waals surface area contributed by atoms with Crippen molar-refractivity contribution in [2.75, 3.05) is 11.9 Å². The first kappa shape index (κ1) is 19.4. The molecule has 3 N–H and O–H groups in total. The molecule has 1 aromatic carbocycles. The molecule has 1 aliphatic rings. The summed E-state index contributed by atoms with van der Waals surface area (Å²) in [6.07, 6.45) is 1.56. The Hall–Kier alpha value is -1.66. The zero-order valence-corrected chi connectivity index (χ0v) is 13.8. The van der Waals surface area contributed by atoms with E-state index in [9.17, 15) is 14.0 Å². The lowest BCUT2D eigenvalue weighted by Gasteiger charge is -2.26. The van der Waals surface area contributed by atoms with Crippen LogP contribution in [0.15, 0.2) is 18.2 Å². The number of nitrogens with zero attached hydrogens (tertiary/aromatic N) is 1. The molecule has 0 unspecified atom stereocenters. The van der Waals surface area contributed by atoms with Crippen molar-refractivity contribution in [3.63, 3.8) is 0 Å². The molecule has 0 bridgehead atoms. The first-order valence-electron chi connectivity index (χ1n) is 7.42. The number of fused-ring (bicyclic) bond motifs is 1. The number of halogens is 2. The van der Waals surface area contributed by atoms with Crippen LogP contribution in [-0.2, 0) is 22.4 Å². The predicted octanol–water partition coefficient (Wildman–Crippen LogP) is 2.09. The van der Waals surface area contributed by atoms with E-state index in [0.29, 0.717) is 5.69 Å². The highest BCUT2D eigenvalue weighted by Crippen LogP contribution is 2.30. The van der Waals surface area contributed by atoms with Gasteiger partial charge in [0.1, 0.15) is 6.04 Å². The van der Waals surface area contributed by atoms with Gasteiger partial charge in [-0.1, -0.05) is 12.1 Å². The smallest absolute Gasteiger partial charge is 0.320 e. The van der Waals surface area contributed by atoms with Crippen LogP contribution in [0, 0.1) is 0 Å². The van der Waals surface area contributed by atoms with Crippen molar-refractivity contribution >= 4 is 30.0 Å². The molecule has 5 nitrogen and oxygen atoms in total. The van der Waals surface area contributed by atoms with Crippen LogP contribution in [0.1, 0.15) is 30.4 Å². The predicted molar refractivity (Wildman–Crippen MR) is 88.9 cm³/mol. The quantitative estimate of drug-likeness (QED) is 0.856. The first-order valence-corrected chi connectivity index (χ1v) is 7.42. The number of carboxylic acid groups (broad SMARTS) is 1. The van der Waals surface area contributed by atoms with Crippen LogP contribution in [0.4, 0.5) is 10.1 Å². The SMILES string of the molecule is CN(C(=O)[C@@H](F)C[C@H](N)C(=O)O)c1cccc2c1CCCC2.Cl. The van der Waals surface area contributed by atoms with E-state index in [1.165, 1.54) is 17.5 Å². The molecule has 7 heteroatoms. The average molecular weight is 345 g/mol. The molecule has 0 aromatic heterocycles. The minimum Gasteiger partial charge on any atom is -0.480 e. The second-order valence-corrected chi connectivity index (χ2v) is 5.67. The number of nitrogens with two attached hydrogens (primary N) is 1. The highest BCUT2D eigenvalue weighted by Gasteiger charge is 2.28. The Morgan fingerprint density at radius 3 is 2.65 bits per heavy atom. The largest absolute Gasteiger partial charge is 0.480 e. The molecule has 0 heterocycles. The number of carbonyl (C=O) groups excluding carboxylic acids is 1. The Labute approximate surface area is 141 Å². The Bertz CT molecular complexity index is 582. The van der Waals surface area contributed by atoms with Crippen molar-refractivity contribution in [1.29, 1.82) is 0 Å². The maximum atomic E-state index is 14.0. The average Bonchev–Trinajstić information content (AvgIpc) is 2.52. The molecule has 0 saturated carbocycles. The number of hydrogen-bond donors (Lipinski definition) is 2. The van der Waals surface area contributed by atoms with Gasteiger partial charge in [0.25, 0.3) is 5.91 Å². The number of benzene rings is 1. The summed E-state index contributed by atoms with van der Waals surface area (Å²) in [5.74, 6) is -2.06. The maximum absolute atomic E-state index is 14.0. The third-order valence-corrected chi connectivity index (χ3v) is 4.11. The minimum absolute atomic E-state index is 0. The second kappa shape index (κ2) is 8.26. The molecular weight excluding hydrogens is 323 g/mol. The number of alkyl halides is 1. The Balaban J connectivity index is 0.00000264. The number of aryl methyl sites for hydroxylation is 1. The van der Waals surface area contributed by atoms with Crippen LogP contribution in [0.3, 0.4) is 0 Å². The van der Waals surface area contributed by atoms with Crippen molar-refractivity contribution in [1.82, 2.24) is 0 Å². The molecular formula is C16H22ClFN2O3. The fourth-order valence-electron chi connectivity index (χ4n) is 2.83. The third kappa shape index (κ3) is 4.42. The second-order valence-electron chi connectivity index (χ2n) is 5.67. The van der Waals surface area contributed by atoms with Crippen molar-refractivity contribution in [2.24, 2.45) is 5.73 Å². The van der Waals surface area contributed by atoms with E-state index < -0.39 is 30.5 Å². The van der Waals surface area contributed by atoms with Gasteiger partial charge in [0.2, 0.25) is 0 Å². The molecule has 0 spiro atoms. The number of anilines is 1. The van der Waals surface area contributed by atoms with Gasteiger partial charge in [-0.15, -0.1) is 12.4 Å². The lowest BCUT2D eigenvalue weighted by molar-refractivity contribution is -0.139. The molecule has 1 aromatic rings. The number of aliphatic carboxylic acids is 1. The summed E-state index contributed by atoms with van der Waals surface area (Å²) in [7, 11) is 1.52. The van der Waals surface area contributed by atoms with Crippen LogP contribution < -0.4 is 10.6 Å². The summed E-state index contributed by atoms with van der Waals surface area (Å²) in [6, 6.07) is 4.31. The monoisotopic (exact) mass is 344 g/mol. The molecule has 2 atom stereocenters. The van der Waals surface area contributed by atoms with Gasteiger partial charge in [0.15, 0.2) is 6.17 Å². The lowest BCUT2D eigenvalue weighted by Crippen LogP contribution is -2.40. The minimum atomic E-state index is -1.92. The molecule has 0 radical (unpaired) electrons. The zero-order chi connectivity index (χ0) is 16.3. The molecule has 0 fully saturated rings. The molecule has 1 amide bonds. The third-order valence-electron chi connectivity index (χ3n) is 4.11. The summed E-state index contributed by atoms with van der Waals surface area (Å²) in [5, 5.41) is 8.71. The summed E-state index contributed by atoms with van der Waals surface area (Å²) in [5.41, 5.74) is 8.28. The summed E-state index contributed by atoms with van der Waals surface area (Å²) in [6.45, 7) is 0. The number of carbonyl (C=O) groups is 2. The van der Waals surface area contributed by atoms with Gasteiger partial charge < -0.3 is 15.7 Å². The Kier molecular flexibility index (Phi) is 6.97. The molecule has 2 rings (SSSR count). The van der Waals surface area contributed by atoms with Gasteiger partial charge in [-0.05, 0) is 42.9 Å². The van der Waals surface area contributed by atoms with E-state index in [2.05, 4.69) is 0 Å². The topological polar surface area (TPSA) is 83.6 Å². The highest BCUT2D eigenvalue weighted by molar-refractivity contribution is 5.97. The van der Waals surface area contributed by atoms with E-state index >= 15 is 0 Å². The molecule has 0 saturated heterocycles. The van der Waals surface area contributed by atoms with Crippen molar-refractivity contribution in [3.8, 4) is 0 Å². The summed E-state index contributed by atoms with van der Waals surface area (Å²) in [4.78, 5) is 24.1. The molecule has 0 aliphatic heterocycles. The van der Waals surface area contributed by atoms with Crippen LogP contribution in [0.2, 0.25) is 0 Å². The van der Waals surface area contributed by atoms with E-state index in [4.69, 9.17) is 10.8 Å². The van der Waals surface area contributed by atoms with E-state index in [1.807, 2.05) is 12.1 Å². The Morgan fingerprint density at radius 1 is 1.35 bits per heavy atom. The first-order chi connectivity index (χ1) is 10.4. The number of hydrogen-bond acceptors (Lipinski definition) is 3. The van der Waals surface area contributed by atoms with E-state index in [-0.39, 0.29) is 12.4 Å². The van der Waals surface area contributed by atoms with Gasteiger partial charge in [-0.2, -0.15) is 0 Å². The molecule has 23 heavy (non-hydrogen) atoms. The van der Waals surface area contributed by atoms with Crippen LogP contribution in [0.5, 0.6) is 0 Å². The lowest BCUT2D eigenvalue weighted by atomic mass is 9.90. The number of rotatable bonds is 5. The summed E-state index contributed by atoms with van der Waals surface area (Å²) < 4.78 is 14.0.